The number of fused-ring (bicyclic) bond motifs is 1. The minimum atomic E-state index is -3.77. The fourth-order valence-electron chi connectivity index (χ4n) is 3.82. The number of carbonyl (C=O) groups excluding carboxylic acids is 2. The number of rotatable bonds is 3. The van der Waals surface area contributed by atoms with E-state index in [1.165, 1.54) is 34.6 Å². The molecule has 1 N–H and O–H groups in total. The van der Waals surface area contributed by atoms with Gasteiger partial charge < -0.3 is 10.2 Å². The Labute approximate surface area is 178 Å². The third-order valence-corrected chi connectivity index (χ3v) is 7.76. The number of carbonyl (C=O) groups is 2. The van der Waals surface area contributed by atoms with Gasteiger partial charge in [0, 0.05) is 38.3 Å². The van der Waals surface area contributed by atoms with E-state index in [9.17, 15) is 22.4 Å². The number of halogens is 2. The fraction of sp³-hybridized carbons (Fsp3) is 0.300. The lowest BCUT2D eigenvalue weighted by Crippen LogP contribution is -2.52. The van der Waals surface area contributed by atoms with Gasteiger partial charge in [-0.25, -0.2) is 12.8 Å². The molecule has 0 saturated carbocycles. The number of benzene rings is 2. The molecule has 30 heavy (non-hydrogen) atoms. The van der Waals surface area contributed by atoms with Gasteiger partial charge in [0.2, 0.25) is 21.8 Å². The van der Waals surface area contributed by atoms with E-state index >= 15 is 0 Å². The van der Waals surface area contributed by atoms with Crippen molar-refractivity contribution in [2.24, 2.45) is 0 Å². The highest BCUT2D eigenvalue weighted by Gasteiger charge is 2.37. The zero-order valence-corrected chi connectivity index (χ0v) is 17.4. The van der Waals surface area contributed by atoms with Gasteiger partial charge in [-0.3, -0.25) is 9.59 Å². The maximum Gasteiger partial charge on any atom is 0.244 e. The van der Waals surface area contributed by atoms with Crippen molar-refractivity contribution in [2.75, 3.05) is 31.5 Å². The van der Waals surface area contributed by atoms with Gasteiger partial charge in [-0.2, -0.15) is 4.31 Å². The molecule has 0 unspecified atom stereocenters. The molecule has 0 spiro atoms. The lowest BCUT2D eigenvalue weighted by Gasteiger charge is -2.37. The molecular weight excluding hydrogens is 433 g/mol. The topological polar surface area (TPSA) is 86.8 Å². The summed E-state index contributed by atoms with van der Waals surface area (Å²) in [6.07, 6.45) is -0.0321. The molecule has 7 nitrogen and oxygen atoms in total. The van der Waals surface area contributed by atoms with Crippen LogP contribution in [0.3, 0.4) is 0 Å². The summed E-state index contributed by atoms with van der Waals surface area (Å²) in [7, 11) is -3.77. The molecule has 2 heterocycles. The number of sulfonamides is 1. The highest BCUT2D eigenvalue weighted by Crippen LogP contribution is 2.34. The summed E-state index contributed by atoms with van der Waals surface area (Å²) in [4.78, 5) is 26.7. The van der Waals surface area contributed by atoms with E-state index in [1.54, 1.807) is 17.0 Å². The van der Waals surface area contributed by atoms with Crippen molar-refractivity contribution in [1.82, 2.24) is 9.21 Å². The van der Waals surface area contributed by atoms with Gasteiger partial charge in [-0.1, -0.05) is 29.8 Å². The molecule has 1 fully saturated rings. The van der Waals surface area contributed by atoms with Gasteiger partial charge in [0.05, 0.1) is 10.9 Å². The Bertz CT molecular complexity index is 1120. The molecular formula is C20H19ClFN3O4S. The van der Waals surface area contributed by atoms with Crippen LogP contribution in [-0.2, 0) is 19.6 Å². The number of amides is 2. The largest absolute Gasteiger partial charge is 0.340 e. The third-order valence-electron chi connectivity index (χ3n) is 5.36. The summed E-state index contributed by atoms with van der Waals surface area (Å²) in [5.74, 6) is -1.85. The Morgan fingerprint density at radius 1 is 1.10 bits per heavy atom. The first kappa shape index (κ1) is 20.8. The number of piperazine rings is 1. The van der Waals surface area contributed by atoms with Crippen LogP contribution in [-0.4, -0.2) is 55.6 Å². The summed E-state index contributed by atoms with van der Waals surface area (Å²) >= 11 is 6.05. The molecule has 1 atom stereocenters. The standard InChI is InChI=1S/C20H19ClFN3O4S/c21-16-3-1-2-4-18(16)30(28,29)25-9-7-24(8-10-25)20(27)15-12-19(26)23-17-11-13(22)5-6-14(15)17/h1-6,11,15H,7-10,12H2,(H,23,26)/t15-/m0/s1. The lowest BCUT2D eigenvalue weighted by molar-refractivity contribution is -0.136. The first-order valence-corrected chi connectivity index (χ1v) is 11.2. The predicted octanol–water partition coefficient (Wildman–Crippen LogP) is 2.44. The van der Waals surface area contributed by atoms with Crippen molar-refractivity contribution in [2.45, 2.75) is 17.2 Å². The van der Waals surface area contributed by atoms with Crippen LogP contribution in [0.5, 0.6) is 0 Å². The van der Waals surface area contributed by atoms with Gasteiger partial charge >= 0.3 is 0 Å². The third kappa shape index (κ3) is 3.80. The molecule has 0 radical (unpaired) electrons. The molecule has 2 aromatic carbocycles. The van der Waals surface area contributed by atoms with Crippen molar-refractivity contribution in [3.63, 3.8) is 0 Å². The minimum absolute atomic E-state index is 0.0321. The van der Waals surface area contributed by atoms with Crippen molar-refractivity contribution in [3.8, 4) is 0 Å². The summed E-state index contributed by atoms with van der Waals surface area (Å²) in [6.45, 7) is 0.622. The smallest absolute Gasteiger partial charge is 0.244 e. The maximum atomic E-state index is 13.5. The number of nitrogens with zero attached hydrogens (tertiary/aromatic N) is 2. The van der Waals surface area contributed by atoms with E-state index in [0.717, 1.165) is 0 Å². The van der Waals surface area contributed by atoms with Gasteiger partial charge in [-0.15, -0.1) is 0 Å². The van der Waals surface area contributed by atoms with E-state index < -0.39 is 21.8 Å². The van der Waals surface area contributed by atoms with Crippen LogP contribution < -0.4 is 5.32 Å². The molecule has 10 heteroatoms. The Morgan fingerprint density at radius 2 is 1.80 bits per heavy atom. The number of anilines is 1. The van der Waals surface area contributed by atoms with Gasteiger partial charge in [0.1, 0.15) is 10.7 Å². The summed E-state index contributed by atoms with van der Waals surface area (Å²) in [5, 5.41) is 2.74. The average molecular weight is 452 g/mol. The second-order valence-corrected chi connectivity index (χ2v) is 9.51. The fourth-order valence-corrected chi connectivity index (χ4v) is 5.74. The highest BCUT2D eigenvalue weighted by molar-refractivity contribution is 7.89. The van der Waals surface area contributed by atoms with Crippen LogP contribution in [0.25, 0.3) is 0 Å². The molecule has 1 saturated heterocycles. The van der Waals surface area contributed by atoms with Gasteiger partial charge in [-0.05, 0) is 29.8 Å². The van der Waals surface area contributed by atoms with Gasteiger partial charge in [0.25, 0.3) is 0 Å². The molecule has 2 aliphatic rings. The molecule has 0 bridgehead atoms. The van der Waals surface area contributed by atoms with Gasteiger partial charge in [0.15, 0.2) is 0 Å². The Kier molecular flexibility index (Phi) is 5.52. The minimum Gasteiger partial charge on any atom is -0.340 e. The van der Waals surface area contributed by atoms with Crippen LogP contribution in [0.2, 0.25) is 5.02 Å². The van der Waals surface area contributed by atoms with Crippen LogP contribution in [0.15, 0.2) is 47.4 Å². The van der Waals surface area contributed by atoms with E-state index in [4.69, 9.17) is 11.6 Å². The van der Waals surface area contributed by atoms with E-state index in [-0.39, 0.29) is 54.3 Å². The molecule has 0 aliphatic carbocycles. The van der Waals surface area contributed by atoms with E-state index in [2.05, 4.69) is 5.32 Å². The summed E-state index contributed by atoms with van der Waals surface area (Å²) in [5.41, 5.74) is 0.858. The van der Waals surface area contributed by atoms with Crippen LogP contribution in [0, 0.1) is 5.82 Å². The highest BCUT2D eigenvalue weighted by atomic mass is 35.5. The maximum absolute atomic E-state index is 13.5. The lowest BCUT2D eigenvalue weighted by atomic mass is 9.89. The number of nitrogens with one attached hydrogen (secondary N) is 1. The molecule has 2 aliphatic heterocycles. The van der Waals surface area contributed by atoms with Crippen LogP contribution in [0.1, 0.15) is 17.9 Å². The quantitative estimate of drug-likeness (QED) is 0.776. The first-order chi connectivity index (χ1) is 14.3. The number of hydrogen-bond donors (Lipinski definition) is 1. The van der Waals surface area contributed by atoms with E-state index in [1.807, 2.05) is 0 Å². The number of hydrogen-bond acceptors (Lipinski definition) is 4. The second-order valence-electron chi connectivity index (χ2n) is 7.20. The zero-order chi connectivity index (χ0) is 21.5. The van der Waals surface area contributed by atoms with E-state index in [0.29, 0.717) is 11.3 Å². The van der Waals surface area contributed by atoms with Crippen LogP contribution >= 0.6 is 11.6 Å². The zero-order valence-electron chi connectivity index (χ0n) is 15.8. The molecule has 4 rings (SSSR count). The predicted molar refractivity (Wildman–Crippen MR) is 109 cm³/mol. The van der Waals surface area contributed by atoms with Crippen molar-refractivity contribution < 1.29 is 22.4 Å². The monoisotopic (exact) mass is 451 g/mol. The first-order valence-electron chi connectivity index (χ1n) is 9.40. The molecule has 2 amide bonds. The summed E-state index contributed by atoms with van der Waals surface area (Å²) < 4.78 is 40.6. The Hall–Kier alpha value is -2.49. The Morgan fingerprint density at radius 3 is 2.50 bits per heavy atom. The molecule has 0 aromatic heterocycles. The van der Waals surface area contributed by atoms with Crippen molar-refractivity contribution in [1.29, 1.82) is 0 Å². The second kappa shape index (κ2) is 7.98. The van der Waals surface area contributed by atoms with Crippen molar-refractivity contribution >= 4 is 39.1 Å². The Balaban J connectivity index is 1.49. The average Bonchev–Trinajstić information content (AvgIpc) is 2.72. The normalized spacial score (nSPS) is 19.9. The SMILES string of the molecule is O=C1C[C@H](C(=O)N2CCN(S(=O)(=O)c3ccccc3Cl)CC2)c2ccc(F)cc2N1. The van der Waals surface area contributed by atoms with Crippen LogP contribution in [0.4, 0.5) is 10.1 Å². The summed E-state index contributed by atoms with van der Waals surface area (Å²) in [6, 6.07) is 10.2. The molecule has 2 aromatic rings. The van der Waals surface area contributed by atoms with Crippen molar-refractivity contribution in [3.05, 3.63) is 58.9 Å². The molecule has 158 valence electrons.